The maximum atomic E-state index is 9.67. The Morgan fingerprint density at radius 3 is 1.57 bits per heavy atom. The van der Waals surface area contributed by atoms with E-state index >= 15 is 0 Å². The molecular weight excluding hydrogens is 316 g/mol. The van der Waals surface area contributed by atoms with Crippen molar-refractivity contribution in [2.24, 2.45) is 0 Å². The number of phenolic OH excluding ortho intramolecular Hbond substituents is 2. The number of aromatic hydroxyl groups is 2. The third kappa shape index (κ3) is 5.40. The Hall–Kier alpha value is -1.52. The van der Waals surface area contributed by atoms with Gasteiger partial charge >= 0.3 is 0 Å². The number of hydrogen-bond donors (Lipinski definition) is 4. The van der Waals surface area contributed by atoms with Crippen molar-refractivity contribution in [1.82, 2.24) is 10.6 Å². The fourth-order valence-corrected chi connectivity index (χ4v) is 1.92. The standard InChI is InChI=1S/C16H20N2O2.Cu/c1-12(17-10-13-6-2-4-8-15(13)19)18-11-14-7-3-5-9-16(14)20;/h2-9,12,17-20H,10-11H2,1H3;. The van der Waals surface area contributed by atoms with Gasteiger partial charge in [-0.2, -0.15) is 0 Å². The fourth-order valence-electron chi connectivity index (χ4n) is 1.92. The maximum absolute atomic E-state index is 9.67. The second-order valence-corrected chi connectivity index (χ2v) is 4.74. The minimum Gasteiger partial charge on any atom is -0.508 e. The Labute approximate surface area is 135 Å². The molecule has 4 nitrogen and oxygen atoms in total. The van der Waals surface area contributed by atoms with Crippen LogP contribution in [0.2, 0.25) is 0 Å². The molecule has 0 heterocycles. The summed E-state index contributed by atoms with van der Waals surface area (Å²) in [5.74, 6) is 0.598. The van der Waals surface area contributed by atoms with E-state index in [0.717, 1.165) is 11.1 Å². The van der Waals surface area contributed by atoms with E-state index in [2.05, 4.69) is 10.6 Å². The Bertz CT molecular complexity index is 514. The third-order valence-corrected chi connectivity index (χ3v) is 3.18. The van der Waals surface area contributed by atoms with Crippen LogP contribution in [0.1, 0.15) is 18.1 Å². The van der Waals surface area contributed by atoms with E-state index in [4.69, 9.17) is 0 Å². The van der Waals surface area contributed by atoms with Gasteiger partial charge in [0.25, 0.3) is 0 Å². The molecule has 2 aromatic carbocycles. The van der Waals surface area contributed by atoms with Crippen LogP contribution in [0.5, 0.6) is 11.5 Å². The van der Waals surface area contributed by atoms with Crippen molar-refractivity contribution in [3.8, 4) is 11.5 Å². The molecule has 0 unspecified atom stereocenters. The van der Waals surface area contributed by atoms with Gasteiger partial charge < -0.3 is 10.2 Å². The van der Waals surface area contributed by atoms with Crippen molar-refractivity contribution >= 4 is 0 Å². The van der Waals surface area contributed by atoms with E-state index in [1.54, 1.807) is 24.3 Å². The Balaban J connectivity index is 0.00000220. The van der Waals surface area contributed by atoms with E-state index in [9.17, 15) is 10.2 Å². The van der Waals surface area contributed by atoms with Crippen LogP contribution in [0.25, 0.3) is 0 Å². The van der Waals surface area contributed by atoms with Crippen molar-refractivity contribution < 1.29 is 27.3 Å². The monoisotopic (exact) mass is 335 g/mol. The number of rotatable bonds is 6. The number of phenols is 2. The molecule has 21 heavy (non-hydrogen) atoms. The molecule has 0 bridgehead atoms. The SMILES string of the molecule is CC(NCc1ccccc1O)NCc1ccccc1O.[Cu]. The summed E-state index contributed by atoms with van der Waals surface area (Å²) in [7, 11) is 0. The fraction of sp³-hybridized carbons (Fsp3) is 0.250. The van der Waals surface area contributed by atoms with Gasteiger partial charge in [-0.25, -0.2) is 0 Å². The minimum absolute atomic E-state index is 0. The molecule has 0 amide bonds. The largest absolute Gasteiger partial charge is 0.508 e. The van der Waals surface area contributed by atoms with Crippen molar-refractivity contribution in [3.63, 3.8) is 0 Å². The number of nitrogens with one attached hydrogen (secondary N) is 2. The Morgan fingerprint density at radius 1 is 0.810 bits per heavy atom. The zero-order valence-corrected chi connectivity index (χ0v) is 12.7. The van der Waals surface area contributed by atoms with Crippen LogP contribution in [0.4, 0.5) is 0 Å². The van der Waals surface area contributed by atoms with E-state index < -0.39 is 0 Å². The smallest absolute Gasteiger partial charge is 0.120 e. The second kappa shape index (κ2) is 8.70. The quantitative estimate of drug-likeness (QED) is 0.483. The van der Waals surface area contributed by atoms with Crippen LogP contribution in [0, 0.1) is 0 Å². The molecule has 0 aliphatic heterocycles. The van der Waals surface area contributed by atoms with Gasteiger partial charge in [-0.15, -0.1) is 0 Å². The first-order valence-corrected chi connectivity index (χ1v) is 6.67. The first kappa shape index (κ1) is 17.5. The zero-order valence-electron chi connectivity index (χ0n) is 11.8. The van der Waals surface area contributed by atoms with Crippen molar-refractivity contribution in [2.75, 3.05) is 0 Å². The van der Waals surface area contributed by atoms with Crippen LogP contribution in [0.15, 0.2) is 48.5 Å². The van der Waals surface area contributed by atoms with Crippen LogP contribution >= 0.6 is 0 Å². The first-order valence-electron chi connectivity index (χ1n) is 6.67. The molecule has 0 spiro atoms. The summed E-state index contributed by atoms with van der Waals surface area (Å²) in [6.45, 7) is 3.17. The van der Waals surface area contributed by atoms with Crippen molar-refractivity contribution in [2.45, 2.75) is 26.2 Å². The van der Waals surface area contributed by atoms with E-state index in [1.165, 1.54) is 0 Å². The summed E-state index contributed by atoms with van der Waals surface area (Å²) < 4.78 is 0. The molecule has 117 valence electrons. The molecule has 2 aromatic rings. The topological polar surface area (TPSA) is 64.5 Å². The van der Waals surface area contributed by atoms with Gasteiger partial charge in [0.15, 0.2) is 0 Å². The summed E-state index contributed by atoms with van der Waals surface area (Å²) >= 11 is 0. The average Bonchev–Trinajstić information content (AvgIpc) is 2.45. The van der Waals surface area contributed by atoms with E-state index in [-0.39, 0.29) is 23.2 Å². The summed E-state index contributed by atoms with van der Waals surface area (Å²) in [6.07, 6.45) is 0.0641. The van der Waals surface area contributed by atoms with Gasteiger partial charge in [0.2, 0.25) is 0 Å². The molecule has 5 heteroatoms. The first-order chi connectivity index (χ1) is 9.66. The molecule has 0 saturated carbocycles. The summed E-state index contributed by atoms with van der Waals surface area (Å²) in [4.78, 5) is 0. The predicted octanol–water partition coefficient (Wildman–Crippen LogP) is 2.32. The number of benzene rings is 2. The summed E-state index contributed by atoms with van der Waals surface area (Å²) in [6, 6.07) is 14.5. The van der Waals surface area contributed by atoms with Crippen LogP contribution < -0.4 is 10.6 Å². The van der Waals surface area contributed by atoms with Gasteiger partial charge in [-0.3, -0.25) is 10.6 Å². The number of hydrogen-bond acceptors (Lipinski definition) is 4. The summed E-state index contributed by atoms with van der Waals surface area (Å²) in [5, 5.41) is 25.9. The van der Waals surface area contributed by atoms with Crippen molar-refractivity contribution in [3.05, 3.63) is 59.7 Å². The maximum Gasteiger partial charge on any atom is 0.120 e. The summed E-state index contributed by atoms with van der Waals surface area (Å²) in [5.41, 5.74) is 1.73. The molecule has 0 aliphatic carbocycles. The predicted molar refractivity (Wildman–Crippen MR) is 79.4 cm³/mol. The molecular formula is C16H20CuN2O2. The second-order valence-electron chi connectivity index (χ2n) is 4.74. The van der Waals surface area contributed by atoms with Gasteiger partial charge in [-0.05, 0) is 19.1 Å². The molecule has 0 atom stereocenters. The zero-order chi connectivity index (χ0) is 14.4. The third-order valence-electron chi connectivity index (χ3n) is 3.18. The number of para-hydroxylation sites is 2. The Morgan fingerprint density at radius 2 is 1.19 bits per heavy atom. The molecule has 1 radical (unpaired) electrons. The van der Waals surface area contributed by atoms with Crippen molar-refractivity contribution in [1.29, 1.82) is 0 Å². The van der Waals surface area contributed by atoms with Crippen LogP contribution in [0.3, 0.4) is 0 Å². The van der Waals surface area contributed by atoms with Crippen LogP contribution in [-0.4, -0.2) is 16.4 Å². The van der Waals surface area contributed by atoms with Gasteiger partial charge in [0.1, 0.15) is 11.5 Å². The van der Waals surface area contributed by atoms with E-state index in [1.807, 2.05) is 31.2 Å². The van der Waals surface area contributed by atoms with Crippen LogP contribution in [-0.2, 0) is 30.2 Å². The van der Waals surface area contributed by atoms with E-state index in [0.29, 0.717) is 24.6 Å². The molecule has 0 fully saturated rings. The van der Waals surface area contributed by atoms with Gasteiger partial charge in [0.05, 0.1) is 6.17 Å². The molecule has 0 saturated heterocycles. The van der Waals surface area contributed by atoms with Gasteiger partial charge in [-0.1, -0.05) is 36.4 Å². The van der Waals surface area contributed by atoms with Gasteiger partial charge in [0, 0.05) is 41.3 Å². The normalized spacial score (nSPS) is 10.4. The molecule has 0 aliphatic rings. The molecule has 4 N–H and O–H groups in total. The molecule has 0 aromatic heterocycles. The Kier molecular flexibility index (Phi) is 7.26. The molecule has 2 rings (SSSR count). The average molecular weight is 336 g/mol. The minimum atomic E-state index is 0.